The molecular weight excluding hydrogens is 444 g/mol. The average molecular weight is 463 g/mol. The zero-order valence-corrected chi connectivity index (χ0v) is 18.5. The Morgan fingerprint density at radius 2 is 1.56 bits per heavy atom. The first kappa shape index (κ1) is 21.6. The van der Waals surface area contributed by atoms with Crippen LogP contribution in [0.25, 0.3) is 11.1 Å². The Labute approximate surface area is 191 Å². The maximum absolute atomic E-state index is 13.0. The van der Waals surface area contributed by atoms with Gasteiger partial charge in [-0.05, 0) is 41.8 Å². The number of nitriles is 1. The monoisotopic (exact) mass is 462 g/mol. The molecule has 8 heteroatoms. The number of anilines is 1. The lowest BCUT2D eigenvalue weighted by Gasteiger charge is -2.08. The highest BCUT2D eigenvalue weighted by Gasteiger charge is 2.24. The molecule has 0 spiro atoms. The van der Waals surface area contributed by atoms with Crippen molar-refractivity contribution < 1.29 is 8.42 Å². The lowest BCUT2D eigenvalue weighted by atomic mass is 10.1. The largest absolute Gasteiger partial charge is 0.263 e. The number of sulfonamides is 1. The van der Waals surface area contributed by atoms with E-state index >= 15 is 0 Å². The van der Waals surface area contributed by atoms with Gasteiger partial charge >= 0.3 is 0 Å². The van der Waals surface area contributed by atoms with Gasteiger partial charge in [0.1, 0.15) is 11.8 Å². The molecule has 0 saturated carbocycles. The lowest BCUT2D eigenvalue weighted by Crippen LogP contribution is -2.14. The van der Waals surface area contributed by atoms with E-state index in [0.717, 1.165) is 5.56 Å². The van der Waals surface area contributed by atoms with Crippen molar-refractivity contribution in [2.45, 2.75) is 17.9 Å². The summed E-state index contributed by atoms with van der Waals surface area (Å²) in [5.74, 6) is 0.0980. The number of hydrogen-bond acceptors (Lipinski definition) is 4. The second-order valence-corrected chi connectivity index (χ2v) is 9.19. The molecule has 0 fully saturated rings. The number of nitrogens with zero attached hydrogens (tertiary/aromatic N) is 3. The van der Waals surface area contributed by atoms with Crippen molar-refractivity contribution in [1.82, 2.24) is 9.78 Å². The molecule has 1 aromatic heterocycles. The molecule has 0 saturated heterocycles. The minimum absolute atomic E-state index is 0.0980. The van der Waals surface area contributed by atoms with E-state index in [4.69, 9.17) is 11.6 Å². The topological polar surface area (TPSA) is 87.8 Å². The SMILES string of the molecule is N#Cc1c(-c2ccc(Cl)cc2)c(NS(=O)(=O)c2ccccc2)nn1CCc1ccccc1. The van der Waals surface area contributed by atoms with Crippen LogP contribution in [-0.2, 0) is 23.0 Å². The Morgan fingerprint density at radius 3 is 2.19 bits per heavy atom. The van der Waals surface area contributed by atoms with Crippen LogP contribution in [0.4, 0.5) is 5.82 Å². The van der Waals surface area contributed by atoms with Crippen LogP contribution in [0.15, 0.2) is 89.8 Å². The summed E-state index contributed by atoms with van der Waals surface area (Å²) in [7, 11) is -3.89. The van der Waals surface area contributed by atoms with Crippen molar-refractivity contribution >= 4 is 27.4 Å². The minimum Gasteiger partial charge on any atom is -0.261 e. The number of aromatic nitrogens is 2. The standard InChI is InChI=1S/C24H19ClN4O2S/c25-20-13-11-19(12-14-20)23-22(17-26)29(16-15-18-7-3-1-4-8-18)27-24(23)28-32(30,31)21-9-5-2-6-10-21/h1-14H,15-16H2,(H,27,28). The molecule has 6 nitrogen and oxygen atoms in total. The number of halogens is 1. The van der Waals surface area contributed by atoms with Crippen LogP contribution in [0.2, 0.25) is 5.02 Å². The number of aryl methyl sites for hydroxylation is 2. The first-order chi connectivity index (χ1) is 15.5. The summed E-state index contributed by atoms with van der Waals surface area (Å²) in [6, 6.07) is 26.9. The van der Waals surface area contributed by atoms with Crippen molar-refractivity contribution in [2.24, 2.45) is 0 Å². The van der Waals surface area contributed by atoms with Crippen molar-refractivity contribution in [2.75, 3.05) is 4.72 Å². The summed E-state index contributed by atoms with van der Waals surface area (Å²) in [4.78, 5) is 0.111. The second kappa shape index (κ2) is 9.27. The maximum Gasteiger partial charge on any atom is 0.263 e. The fourth-order valence-electron chi connectivity index (χ4n) is 3.36. The van der Waals surface area contributed by atoms with E-state index in [0.29, 0.717) is 29.1 Å². The summed E-state index contributed by atoms with van der Waals surface area (Å²) in [5.41, 5.74) is 2.42. The van der Waals surface area contributed by atoms with E-state index in [-0.39, 0.29) is 16.4 Å². The highest BCUT2D eigenvalue weighted by Crippen LogP contribution is 2.33. The van der Waals surface area contributed by atoms with E-state index in [9.17, 15) is 13.7 Å². The third-order valence-corrected chi connectivity index (χ3v) is 6.54. The number of nitrogens with one attached hydrogen (secondary N) is 1. The zero-order chi connectivity index (χ0) is 22.6. The van der Waals surface area contributed by atoms with E-state index < -0.39 is 10.0 Å². The van der Waals surface area contributed by atoms with Gasteiger partial charge in [-0.1, -0.05) is 72.3 Å². The highest BCUT2D eigenvalue weighted by atomic mass is 35.5. The fourth-order valence-corrected chi connectivity index (χ4v) is 4.52. The number of rotatable bonds is 7. The lowest BCUT2D eigenvalue weighted by molar-refractivity contribution is 0.598. The van der Waals surface area contributed by atoms with Crippen LogP contribution in [0.1, 0.15) is 11.3 Å². The molecule has 32 heavy (non-hydrogen) atoms. The summed E-state index contributed by atoms with van der Waals surface area (Å²) in [5, 5.41) is 14.9. The third kappa shape index (κ3) is 4.67. The van der Waals surface area contributed by atoms with Gasteiger partial charge in [0.15, 0.2) is 5.82 Å². The Kier molecular flexibility index (Phi) is 6.26. The second-order valence-electron chi connectivity index (χ2n) is 7.07. The van der Waals surface area contributed by atoms with Gasteiger partial charge in [0, 0.05) is 11.6 Å². The molecule has 3 aromatic carbocycles. The smallest absolute Gasteiger partial charge is 0.261 e. The van der Waals surface area contributed by atoms with Crippen LogP contribution < -0.4 is 4.72 Å². The van der Waals surface area contributed by atoms with Crippen molar-refractivity contribution in [3.8, 4) is 17.2 Å². The zero-order valence-electron chi connectivity index (χ0n) is 16.9. The molecule has 4 rings (SSSR count). The van der Waals surface area contributed by atoms with E-state index in [1.807, 2.05) is 30.3 Å². The summed E-state index contributed by atoms with van der Waals surface area (Å²) in [6.45, 7) is 0.417. The van der Waals surface area contributed by atoms with Crippen LogP contribution >= 0.6 is 11.6 Å². The van der Waals surface area contributed by atoms with Crippen molar-refractivity contribution in [3.05, 3.63) is 101 Å². The Hall–Kier alpha value is -3.60. The van der Waals surface area contributed by atoms with Gasteiger partial charge in [-0.25, -0.2) is 8.42 Å². The normalized spacial score (nSPS) is 11.1. The average Bonchev–Trinajstić information content (AvgIpc) is 3.16. The molecule has 0 unspecified atom stereocenters. The molecule has 0 aliphatic carbocycles. The number of benzene rings is 3. The molecule has 1 heterocycles. The first-order valence-electron chi connectivity index (χ1n) is 9.86. The van der Waals surface area contributed by atoms with Gasteiger partial charge in [-0.2, -0.15) is 10.4 Å². The molecule has 0 aliphatic heterocycles. The third-order valence-electron chi connectivity index (χ3n) is 4.93. The van der Waals surface area contributed by atoms with Crippen molar-refractivity contribution in [1.29, 1.82) is 5.26 Å². The van der Waals surface area contributed by atoms with E-state index in [2.05, 4.69) is 15.9 Å². The predicted octanol–water partition coefficient (Wildman–Crippen LogP) is 5.12. The van der Waals surface area contributed by atoms with Gasteiger partial charge in [-0.15, -0.1) is 0 Å². The van der Waals surface area contributed by atoms with Gasteiger partial charge in [0.25, 0.3) is 10.0 Å². The fraction of sp³-hybridized carbons (Fsp3) is 0.0833. The van der Waals surface area contributed by atoms with Gasteiger partial charge in [-0.3, -0.25) is 9.40 Å². The Morgan fingerprint density at radius 1 is 0.938 bits per heavy atom. The molecule has 1 N–H and O–H groups in total. The van der Waals surface area contributed by atoms with E-state index in [1.54, 1.807) is 47.1 Å². The van der Waals surface area contributed by atoms with Crippen LogP contribution in [0.5, 0.6) is 0 Å². The van der Waals surface area contributed by atoms with Crippen molar-refractivity contribution in [3.63, 3.8) is 0 Å². The summed E-state index contributed by atoms with van der Waals surface area (Å²) < 4.78 is 30.0. The number of hydrogen-bond donors (Lipinski definition) is 1. The highest BCUT2D eigenvalue weighted by molar-refractivity contribution is 7.92. The minimum atomic E-state index is -3.89. The van der Waals surface area contributed by atoms with E-state index in [1.165, 1.54) is 12.1 Å². The Bertz CT molecular complexity index is 1360. The van der Waals surface area contributed by atoms with Crippen LogP contribution in [0.3, 0.4) is 0 Å². The summed E-state index contributed by atoms with van der Waals surface area (Å²) in [6.07, 6.45) is 0.641. The molecule has 4 aromatic rings. The molecule has 0 atom stereocenters. The molecule has 0 aliphatic rings. The first-order valence-corrected chi connectivity index (χ1v) is 11.7. The Balaban J connectivity index is 1.77. The van der Waals surface area contributed by atoms with Crippen LogP contribution in [-0.4, -0.2) is 18.2 Å². The maximum atomic E-state index is 13.0. The molecular formula is C24H19ClN4O2S. The molecule has 160 valence electrons. The quantitative estimate of drug-likeness (QED) is 0.413. The molecule has 0 amide bonds. The molecule has 0 bridgehead atoms. The van der Waals surface area contributed by atoms with Gasteiger partial charge in [0.2, 0.25) is 0 Å². The molecule has 0 radical (unpaired) electrons. The summed E-state index contributed by atoms with van der Waals surface area (Å²) >= 11 is 6.02. The van der Waals surface area contributed by atoms with Gasteiger partial charge in [0.05, 0.1) is 10.5 Å². The van der Waals surface area contributed by atoms with Crippen LogP contribution in [0, 0.1) is 11.3 Å². The predicted molar refractivity (Wildman–Crippen MR) is 125 cm³/mol. The van der Waals surface area contributed by atoms with Gasteiger partial charge < -0.3 is 0 Å².